The van der Waals surface area contributed by atoms with Gasteiger partial charge in [-0.05, 0) is 45.3 Å². The van der Waals surface area contributed by atoms with E-state index in [2.05, 4.69) is 17.3 Å². The Kier molecular flexibility index (Phi) is 4.45. The zero-order valence-electron chi connectivity index (χ0n) is 10.2. The van der Waals surface area contributed by atoms with Crippen LogP contribution in [-0.4, -0.2) is 37.6 Å². The van der Waals surface area contributed by atoms with Crippen molar-refractivity contribution in [2.75, 3.05) is 26.7 Å². The van der Waals surface area contributed by atoms with Gasteiger partial charge >= 0.3 is 0 Å². The minimum atomic E-state index is 0.915. The number of hydrogen-bond donors (Lipinski definition) is 1. The van der Waals surface area contributed by atoms with E-state index in [-0.39, 0.29) is 0 Å². The third-order valence-corrected chi connectivity index (χ3v) is 4.15. The Labute approximate surface area is 94.4 Å². The molecule has 15 heavy (non-hydrogen) atoms. The van der Waals surface area contributed by atoms with E-state index in [1.165, 1.54) is 64.6 Å². The third-order valence-electron chi connectivity index (χ3n) is 4.15. The fraction of sp³-hybridized carbons (Fsp3) is 1.00. The molecule has 2 fully saturated rings. The average Bonchev–Trinajstić information content (AvgIpc) is 2.53. The van der Waals surface area contributed by atoms with E-state index in [1.54, 1.807) is 0 Å². The van der Waals surface area contributed by atoms with Gasteiger partial charge in [0.05, 0.1) is 0 Å². The van der Waals surface area contributed by atoms with Crippen LogP contribution in [0.2, 0.25) is 0 Å². The van der Waals surface area contributed by atoms with E-state index >= 15 is 0 Å². The van der Waals surface area contributed by atoms with E-state index in [0.717, 1.165) is 12.0 Å². The minimum absolute atomic E-state index is 0.915. The molecule has 1 aliphatic carbocycles. The van der Waals surface area contributed by atoms with E-state index in [9.17, 15) is 0 Å². The van der Waals surface area contributed by atoms with Crippen molar-refractivity contribution < 1.29 is 0 Å². The maximum absolute atomic E-state index is 3.32. The molecule has 1 unspecified atom stereocenters. The summed E-state index contributed by atoms with van der Waals surface area (Å²) in [5.74, 6) is 0.915. The van der Waals surface area contributed by atoms with Gasteiger partial charge in [-0.3, -0.25) is 0 Å². The molecular formula is C13H26N2. The molecule has 0 radical (unpaired) electrons. The van der Waals surface area contributed by atoms with Gasteiger partial charge in [0.2, 0.25) is 0 Å². The highest BCUT2D eigenvalue weighted by molar-refractivity contribution is 4.83. The summed E-state index contributed by atoms with van der Waals surface area (Å²) in [5, 5.41) is 3.32. The van der Waals surface area contributed by atoms with E-state index in [4.69, 9.17) is 0 Å². The van der Waals surface area contributed by atoms with Crippen LogP contribution in [0.1, 0.15) is 44.9 Å². The van der Waals surface area contributed by atoms with Crippen LogP contribution in [0.15, 0.2) is 0 Å². The molecule has 1 heterocycles. The second-order valence-electron chi connectivity index (χ2n) is 5.35. The maximum atomic E-state index is 3.32. The van der Waals surface area contributed by atoms with Crippen molar-refractivity contribution in [2.45, 2.75) is 51.0 Å². The second-order valence-corrected chi connectivity index (χ2v) is 5.35. The molecule has 0 aromatic rings. The molecule has 1 saturated heterocycles. The normalized spacial score (nSPS) is 30.6. The highest BCUT2D eigenvalue weighted by atomic mass is 15.2. The Bertz CT molecular complexity index is 173. The van der Waals surface area contributed by atoms with Crippen LogP contribution < -0.4 is 5.32 Å². The first-order valence-electron chi connectivity index (χ1n) is 6.79. The molecule has 0 bridgehead atoms. The van der Waals surface area contributed by atoms with Gasteiger partial charge in [0, 0.05) is 12.6 Å². The van der Waals surface area contributed by atoms with Crippen LogP contribution in [0.5, 0.6) is 0 Å². The summed E-state index contributed by atoms with van der Waals surface area (Å²) in [5.41, 5.74) is 0. The minimum Gasteiger partial charge on any atom is -0.319 e. The first kappa shape index (κ1) is 11.4. The van der Waals surface area contributed by atoms with Gasteiger partial charge in [-0.25, -0.2) is 0 Å². The molecule has 0 aromatic heterocycles. The van der Waals surface area contributed by atoms with Crippen molar-refractivity contribution in [3.8, 4) is 0 Å². The van der Waals surface area contributed by atoms with Gasteiger partial charge in [-0.15, -0.1) is 0 Å². The molecule has 1 atom stereocenters. The molecule has 1 N–H and O–H groups in total. The smallest absolute Gasteiger partial charge is 0.00953 e. The average molecular weight is 210 g/mol. The van der Waals surface area contributed by atoms with Gasteiger partial charge in [-0.1, -0.05) is 25.7 Å². The lowest BCUT2D eigenvalue weighted by atomic mass is 10.1. The SMILES string of the molecule is CNCC1CCN(C2CCCCCC2)C1. The standard InChI is InChI=1S/C13H26N2/c1-14-10-12-8-9-15(11-12)13-6-4-2-3-5-7-13/h12-14H,2-11H2,1H3. The lowest BCUT2D eigenvalue weighted by Crippen LogP contribution is -2.34. The number of nitrogens with one attached hydrogen (secondary N) is 1. The Hall–Kier alpha value is -0.0800. The van der Waals surface area contributed by atoms with Crippen molar-refractivity contribution >= 4 is 0 Å². The van der Waals surface area contributed by atoms with Gasteiger partial charge in [0.15, 0.2) is 0 Å². The topological polar surface area (TPSA) is 15.3 Å². The fourth-order valence-electron chi connectivity index (χ4n) is 3.27. The lowest BCUT2D eigenvalue weighted by Gasteiger charge is -2.26. The zero-order chi connectivity index (χ0) is 10.5. The number of likely N-dealkylation sites (tertiary alicyclic amines) is 1. The summed E-state index contributed by atoms with van der Waals surface area (Å²) in [6, 6.07) is 0.925. The molecule has 2 rings (SSSR count). The summed E-state index contributed by atoms with van der Waals surface area (Å²) in [7, 11) is 2.08. The molecule has 2 aliphatic rings. The summed E-state index contributed by atoms with van der Waals surface area (Å²) < 4.78 is 0. The first-order valence-corrected chi connectivity index (χ1v) is 6.79. The Morgan fingerprint density at radius 1 is 1.07 bits per heavy atom. The zero-order valence-corrected chi connectivity index (χ0v) is 10.2. The van der Waals surface area contributed by atoms with Crippen LogP contribution in [0.4, 0.5) is 0 Å². The molecule has 1 aliphatic heterocycles. The molecule has 0 spiro atoms. The number of hydrogen-bond acceptors (Lipinski definition) is 2. The summed E-state index contributed by atoms with van der Waals surface area (Å²) in [6.45, 7) is 3.92. The highest BCUT2D eigenvalue weighted by Crippen LogP contribution is 2.26. The fourth-order valence-corrected chi connectivity index (χ4v) is 3.27. The highest BCUT2D eigenvalue weighted by Gasteiger charge is 2.27. The van der Waals surface area contributed by atoms with E-state index < -0.39 is 0 Å². The van der Waals surface area contributed by atoms with Crippen LogP contribution in [0.3, 0.4) is 0 Å². The van der Waals surface area contributed by atoms with Gasteiger partial charge in [-0.2, -0.15) is 0 Å². The Morgan fingerprint density at radius 2 is 1.80 bits per heavy atom. The van der Waals surface area contributed by atoms with Crippen molar-refractivity contribution in [1.29, 1.82) is 0 Å². The van der Waals surface area contributed by atoms with Crippen molar-refractivity contribution in [2.24, 2.45) is 5.92 Å². The third kappa shape index (κ3) is 3.18. The van der Waals surface area contributed by atoms with Crippen LogP contribution in [-0.2, 0) is 0 Å². The molecule has 1 saturated carbocycles. The first-order chi connectivity index (χ1) is 7.40. The van der Waals surface area contributed by atoms with E-state index in [0.29, 0.717) is 0 Å². The van der Waals surface area contributed by atoms with Gasteiger partial charge in [0.1, 0.15) is 0 Å². The molecule has 2 heteroatoms. The van der Waals surface area contributed by atoms with Crippen LogP contribution in [0, 0.1) is 5.92 Å². The lowest BCUT2D eigenvalue weighted by molar-refractivity contribution is 0.213. The summed E-state index contributed by atoms with van der Waals surface area (Å²) in [6.07, 6.45) is 10.2. The summed E-state index contributed by atoms with van der Waals surface area (Å²) >= 11 is 0. The Morgan fingerprint density at radius 3 is 2.47 bits per heavy atom. The largest absolute Gasteiger partial charge is 0.319 e. The molecule has 0 amide bonds. The molecule has 2 nitrogen and oxygen atoms in total. The second kappa shape index (κ2) is 5.86. The van der Waals surface area contributed by atoms with Crippen molar-refractivity contribution in [3.63, 3.8) is 0 Å². The van der Waals surface area contributed by atoms with Crippen LogP contribution in [0.25, 0.3) is 0 Å². The van der Waals surface area contributed by atoms with Crippen LogP contribution >= 0.6 is 0 Å². The predicted octanol–water partition coefficient (Wildman–Crippen LogP) is 2.25. The van der Waals surface area contributed by atoms with Gasteiger partial charge in [0.25, 0.3) is 0 Å². The van der Waals surface area contributed by atoms with Gasteiger partial charge < -0.3 is 10.2 Å². The molecular weight excluding hydrogens is 184 g/mol. The van der Waals surface area contributed by atoms with Crippen molar-refractivity contribution in [1.82, 2.24) is 10.2 Å². The Balaban J connectivity index is 1.78. The van der Waals surface area contributed by atoms with E-state index in [1.807, 2.05) is 0 Å². The maximum Gasteiger partial charge on any atom is 0.00953 e. The number of nitrogens with zero attached hydrogens (tertiary/aromatic N) is 1. The molecule has 0 aromatic carbocycles. The van der Waals surface area contributed by atoms with Crippen molar-refractivity contribution in [3.05, 3.63) is 0 Å². The molecule has 88 valence electrons. The predicted molar refractivity (Wildman–Crippen MR) is 65.1 cm³/mol. The monoisotopic (exact) mass is 210 g/mol. The quantitative estimate of drug-likeness (QED) is 0.719. The number of rotatable bonds is 3. The summed E-state index contributed by atoms with van der Waals surface area (Å²) in [4.78, 5) is 2.77.